The Balaban J connectivity index is 1.74. The van der Waals surface area contributed by atoms with Crippen LogP contribution in [-0.2, 0) is 17.8 Å². The Hall–Kier alpha value is -3.13. The Labute approximate surface area is 164 Å². The number of hydrogen-bond donors (Lipinski definition) is 1. The zero-order valence-electron chi connectivity index (χ0n) is 15.9. The van der Waals surface area contributed by atoms with Crippen molar-refractivity contribution in [2.75, 3.05) is 18.9 Å². The molecule has 0 saturated heterocycles. The lowest BCUT2D eigenvalue weighted by Gasteiger charge is -2.17. The fourth-order valence-corrected chi connectivity index (χ4v) is 3.03. The van der Waals surface area contributed by atoms with E-state index in [4.69, 9.17) is 4.42 Å². The van der Waals surface area contributed by atoms with E-state index >= 15 is 0 Å². The van der Waals surface area contributed by atoms with E-state index in [0.29, 0.717) is 11.1 Å². The fourth-order valence-electron chi connectivity index (χ4n) is 3.03. The third-order valence-corrected chi connectivity index (χ3v) is 4.47. The fraction of sp³-hybridized carbons (Fsp3) is 0.238. The first-order chi connectivity index (χ1) is 13.8. The third-order valence-electron chi connectivity index (χ3n) is 4.47. The van der Waals surface area contributed by atoms with Gasteiger partial charge in [0.05, 0.1) is 12.2 Å². The molecule has 0 bridgehead atoms. The molecular weight excluding hydrogens is 385 g/mol. The van der Waals surface area contributed by atoms with Crippen LogP contribution in [0.15, 0.2) is 45.6 Å². The quantitative estimate of drug-likeness (QED) is 0.501. The minimum atomic E-state index is -1.65. The first-order valence-corrected chi connectivity index (χ1v) is 8.96. The molecule has 2 aromatic carbocycles. The summed E-state index contributed by atoms with van der Waals surface area (Å²) in [5.41, 5.74) is 1.23. The second kappa shape index (κ2) is 8.48. The van der Waals surface area contributed by atoms with Crippen molar-refractivity contribution in [2.24, 2.45) is 0 Å². The van der Waals surface area contributed by atoms with Gasteiger partial charge in [-0.25, -0.2) is 18.0 Å². The summed E-state index contributed by atoms with van der Waals surface area (Å²) < 4.78 is 45.2. The number of rotatable bonds is 6. The molecule has 0 saturated carbocycles. The summed E-state index contributed by atoms with van der Waals surface area (Å²) in [6.45, 7) is 2.08. The number of amides is 1. The maximum atomic E-state index is 13.7. The lowest BCUT2D eigenvalue weighted by atomic mass is 10.1. The second-order valence-corrected chi connectivity index (χ2v) is 6.72. The van der Waals surface area contributed by atoms with Crippen molar-refractivity contribution in [1.29, 1.82) is 0 Å². The molecule has 5 nitrogen and oxygen atoms in total. The van der Waals surface area contributed by atoms with E-state index in [1.807, 2.05) is 19.1 Å². The number of fused-ring (bicyclic) bond motifs is 1. The average molecular weight is 404 g/mol. The molecule has 1 amide bonds. The van der Waals surface area contributed by atoms with Gasteiger partial charge in [-0.15, -0.1) is 0 Å². The van der Waals surface area contributed by atoms with Gasteiger partial charge in [0.15, 0.2) is 17.5 Å². The maximum absolute atomic E-state index is 13.7. The zero-order chi connectivity index (χ0) is 21.1. The van der Waals surface area contributed by atoms with Gasteiger partial charge in [-0.1, -0.05) is 19.1 Å². The molecule has 1 aromatic heterocycles. The Kier molecular flexibility index (Phi) is 6.03. The number of likely N-dealkylation sites (N-methyl/N-ethyl adjacent to an activating group) is 1. The number of aryl methyl sites for hydroxylation is 1. The predicted molar refractivity (Wildman–Crippen MR) is 103 cm³/mol. The topological polar surface area (TPSA) is 62.6 Å². The van der Waals surface area contributed by atoms with Crippen LogP contribution < -0.4 is 10.9 Å². The normalized spacial score (nSPS) is 11.2. The molecule has 1 heterocycles. The standard InChI is InChI=1S/C21H19F3N2O3/c1-3-12-4-5-14-13(9-19(28)29-17(14)8-12)10-26(2)11-18(27)25-16-7-6-15(22)20(23)21(16)24/h4-9H,3,10-11H2,1-2H3,(H,25,27). The Morgan fingerprint density at radius 3 is 2.59 bits per heavy atom. The van der Waals surface area contributed by atoms with Crippen LogP contribution in [0.25, 0.3) is 11.0 Å². The summed E-state index contributed by atoms with van der Waals surface area (Å²) in [6.07, 6.45) is 0.796. The molecule has 152 valence electrons. The highest BCUT2D eigenvalue weighted by atomic mass is 19.2. The largest absolute Gasteiger partial charge is 0.423 e. The Morgan fingerprint density at radius 2 is 1.86 bits per heavy atom. The van der Waals surface area contributed by atoms with Crippen LogP contribution in [-0.4, -0.2) is 24.4 Å². The summed E-state index contributed by atoms with van der Waals surface area (Å²) in [4.78, 5) is 25.6. The van der Waals surface area contributed by atoms with Gasteiger partial charge in [0.25, 0.3) is 0 Å². The van der Waals surface area contributed by atoms with Gasteiger partial charge in [-0.3, -0.25) is 9.69 Å². The molecule has 0 aliphatic rings. The van der Waals surface area contributed by atoms with E-state index in [1.54, 1.807) is 18.0 Å². The summed E-state index contributed by atoms with van der Waals surface area (Å²) in [7, 11) is 1.64. The van der Waals surface area contributed by atoms with Gasteiger partial charge in [0.1, 0.15) is 5.58 Å². The maximum Gasteiger partial charge on any atom is 0.336 e. The molecule has 0 unspecified atom stereocenters. The van der Waals surface area contributed by atoms with E-state index < -0.39 is 34.7 Å². The van der Waals surface area contributed by atoms with Crippen molar-refractivity contribution in [3.05, 3.63) is 75.4 Å². The van der Waals surface area contributed by atoms with Gasteiger partial charge in [-0.2, -0.15) is 0 Å². The van der Waals surface area contributed by atoms with E-state index in [1.165, 1.54) is 6.07 Å². The van der Waals surface area contributed by atoms with Crippen molar-refractivity contribution in [3.8, 4) is 0 Å². The van der Waals surface area contributed by atoms with Crippen LogP contribution >= 0.6 is 0 Å². The predicted octanol–water partition coefficient (Wildman–Crippen LogP) is 3.84. The van der Waals surface area contributed by atoms with Crippen LogP contribution in [0.3, 0.4) is 0 Å². The summed E-state index contributed by atoms with van der Waals surface area (Å²) in [6, 6.07) is 8.64. The average Bonchev–Trinajstić information content (AvgIpc) is 2.67. The van der Waals surface area contributed by atoms with E-state index in [2.05, 4.69) is 5.32 Å². The first-order valence-electron chi connectivity index (χ1n) is 8.96. The number of benzene rings is 2. The number of anilines is 1. The third kappa shape index (κ3) is 4.65. The molecule has 8 heteroatoms. The van der Waals surface area contributed by atoms with Crippen LogP contribution in [0.4, 0.5) is 18.9 Å². The van der Waals surface area contributed by atoms with Crippen molar-refractivity contribution in [2.45, 2.75) is 19.9 Å². The molecule has 1 N–H and O–H groups in total. The van der Waals surface area contributed by atoms with Crippen LogP contribution in [0, 0.1) is 17.5 Å². The first kappa shape index (κ1) is 20.6. The van der Waals surface area contributed by atoms with E-state index in [-0.39, 0.29) is 13.1 Å². The van der Waals surface area contributed by atoms with Gasteiger partial charge >= 0.3 is 5.63 Å². The molecule has 29 heavy (non-hydrogen) atoms. The van der Waals surface area contributed by atoms with Crippen LogP contribution in [0.1, 0.15) is 18.1 Å². The number of nitrogens with zero attached hydrogens (tertiary/aromatic N) is 1. The summed E-state index contributed by atoms with van der Waals surface area (Å²) >= 11 is 0. The van der Waals surface area contributed by atoms with Gasteiger partial charge in [-0.05, 0) is 42.8 Å². The van der Waals surface area contributed by atoms with Crippen molar-refractivity contribution < 1.29 is 22.4 Å². The highest BCUT2D eigenvalue weighted by Crippen LogP contribution is 2.21. The van der Waals surface area contributed by atoms with Gasteiger partial charge < -0.3 is 9.73 Å². The van der Waals surface area contributed by atoms with Crippen molar-refractivity contribution in [1.82, 2.24) is 4.90 Å². The SMILES string of the molecule is CCc1ccc2c(CN(C)CC(=O)Nc3ccc(F)c(F)c3F)cc(=O)oc2c1. The molecule has 0 spiro atoms. The number of halogens is 3. The molecule has 3 rings (SSSR count). The summed E-state index contributed by atoms with van der Waals surface area (Å²) in [5.74, 6) is -5.05. The minimum absolute atomic E-state index is 0.160. The summed E-state index contributed by atoms with van der Waals surface area (Å²) in [5, 5.41) is 2.97. The molecule has 0 aliphatic heterocycles. The molecule has 0 radical (unpaired) electrons. The molecular formula is C21H19F3N2O3. The lowest BCUT2D eigenvalue weighted by molar-refractivity contribution is -0.117. The molecule has 0 fully saturated rings. The monoisotopic (exact) mass is 404 g/mol. The highest BCUT2D eigenvalue weighted by Gasteiger charge is 2.17. The number of nitrogens with one attached hydrogen (secondary N) is 1. The lowest BCUT2D eigenvalue weighted by Crippen LogP contribution is -2.30. The van der Waals surface area contributed by atoms with Crippen molar-refractivity contribution in [3.63, 3.8) is 0 Å². The number of hydrogen-bond acceptors (Lipinski definition) is 4. The highest BCUT2D eigenvalue weighted by molar-refractivity contribution is 5.92. The van der Waals surface area contributed by atoms with Gasteiger partial charge in [0.2, 0.25) is 5.91 Å². The van der Waals surface area contributed by atoms with E-state index in [9.17, 15) is 22.8 Å². The molecule has 3 aromatic rings. The van der Waals surface area contributed by atoms with Gasteiger partial charge in [0, 0.05) is 18.0 Å². The smallest absolute Gasteiger partial charge is 0.336 e. The van der Waals surface area contributed by atoms with Crippen molar-refractivity contribution >= 4 is 22.6 Å². The Bertz CT molecular complexity index is 1130. The van der Waals surface area contributed by atoms with Crippen LogP contribution in [0.5, 0.6) is 0 Å². The minimum Gasteiger partial charge on any atom is -0.423 e. The number of carbonyl (C=O) groups is 1. The number of carbonyl (C=O) groups excluding carboxylic acids is 1. The molecule has 0 aliphatic carbocycles. The molecule has 0 atom stereocenters. The van der Waals surface area contributed by atoms with Crippen LogP contribution in [0.2, 0.25) is 0 Å². The zero-order valence-corrected chi connectivity index (χ0v) is 15.9. The Morgan fingerprint density at radius 1 is 1.10 bits per heavy atom. The second-order valence-electron chi connectivity index (χ2n) is 6.72. The van der Waals surface area contributed by atoms with E-state index in [0.717, 1.165) is 29.5 Å².